The highest BCUT2D eigenvalue weighted by Gasteiger charge is 2.41. The number of carboxylic acids is 1. The Bertz CT molecular complexity index is 1590. The molecule has 5 N–H and O–H groups in total. The molecule has 0 aromatic heterocycles. The van der Waals surface area contributed by atoms with Crippen molar-refractivity contribution in [3.05, 3.63) is 95.6 Å². The number of anilines is 1. The molecule has 2 bridgehead atoms. The number of nitrogens with zero attached hydrogens (tertiary/aromatic N) is 1. The Morgan fingerprint density at radius 1 is 0.880 bits per heavy atom. The fourth-order valence-electron chi connectivity index (χ4n) is 6.12. The van der Waals surface area contributed by atoms with E-state index in [1.165, 1.54) is 5.56 Å². The Kier molecular flexibility index (Phi) is 12.8. The van der Waals surface area contributed by atoms with Crippen LogP contribution in [0.5, 0.6) is 5.75 Å². The van der Waals surface area contributed by atoms with Crippen molar-refractivity contribution in [2.75, 3.05) is 5.32 Å². The van der Waals surface area contributed by atoms with Gasteiger partial charge < -0.3 is 30.9 Å². The van der Waals surface area contributed by atoms with E-state index in [1.807, 2.05) is 6.07 Å². The van der Waals surface area contributed by atoms with E-state index in [9.17, 15) is 32.7 Å². The lowest BCUT2D eigenvalue weighted by molar-refractivity contribution is -0.192. The smallest absolute Gasteiger partial charge is 0.490 e. The van der Waals surface area contributed by atoms with Crippen LogP contribution in [0.3, 0.4) is 0 Å². The summed E-state index contributed by atoms with van der Waals surface area (Å²) in [6.45, 7) is 4.48. The number of esters is 1. The van der Waals surface area contributed by atoms with Crippen LogP contribution in [0.25, 0.3) is 0 Å². The number of phenolic OH excluding ortho intramolecular Hbond substituents is 1. The third-order valence-corrected chi connectivity index (χ3v) is 8.40. The number of urea groups is 1. The fraction of sp³-hybridized carbons (Fsp3) is 0.389. The van der Waals surface area contributed by atoms with Crippen molar-refractivity contribution in [1.29, 1.82) is 0 Å². The molecular formula is C36H41F3N4O7. The number of aromatic hydroxyl groups is 1. The molecule has 3 amide bonds. The number of nitrogens with one attached hydrogen (secondary N) is 3. The topological polar surface area (TPSA) is 157 Å². The lowest BCUT2D eigenvalue weighted by Crippen LogP contribution is -2.55. The summed E-state index contributed by atoms with van der Waals surface area (Å²) in [4.78, 5) is 50.2. The van der Waals surface area contributed by atoms with Crippen LogP contribution in [0.15, 0.2) is 78.9 Å². The third-order valence-electron chi connectivity index (χ3n) is 8.40. The van der Waals surface area contributed by atoms with E-state index in [0.717, 1.165) is 37.8 Å². The molecule has 50 heavy (non-hydrogen) atoms. The first-order valence-electron chi connectivity index (χ1n) is 16.2. The van der Waals surface area contributed by atoms with E-state index in [1.54, 1.807) is 62.4 Å². The second-order valence-corrected chi connectivity index (χ2v) is 12.6. The maximum absolute atomic E-state index is 13.6. The number of fused-ring (bicyclic) bond motifs is 2. The molecule has 1 unspecified atom stereocenters. The summed E-state index contributed by atoms with van der Waals surface area (Å²) < 4.78 is 36.9. The van der Waals surface area contributed by atoms with Gasteiger partial charge in [0.25, 0.3) is 0 Å². The highest BCUT2D eigenvalue weighted by molar-refractivity contribution is 5.95. The number of alkyl halides is 3. The van der Waals surface area contributed by atoms with Crippen LogP contribution in [0.2, 0.25) is 0 Å². The molecule has 14 heteroatoms. The number of amides is 3. The molecule has 2 aliphatic rings. The lowest BCUT2D eigenvalue weighted by Gasteiger charge is -2.39. The molecule has 268 valence electrons. The fourth-order valence-corrected chi connectivity index (χ4v) is 6.12. The summed E-state index contributed by atoms with van der Waals surface area (Å²) in [5.41, 5.74) is 2.97. The zero-order valence-corrected chi connectivity index (χ0v) is 27.7. The zero-order valence-electron chi connectivity index (χ0n) is 27.7. The minimum Gasteiger partial charge on any atom is -0.508 e. The number of benzene rings is 3. The van der Waals surface area contributed by atoms with Gasteiger partial charge in [0.15, 0.2) is 0 Å². The number of carboxylic acid groups (broad SMARTS) is 1. The van der Waals surface area contributed by atoms with Crippen molar-refractivity contribution < 1.29 is 47.3 Å². The maximum Gasteiger partial charge on any atom is 0.490 e. The summed E-state index contributed by atoms with van der Waals surface area (Å²) >= 11 is 0. The SMILES string of the molecule is CC(C)OC(=O)c1ccc(NC(=O)N[C@@H](Cc2ccc(O)cc2)C(=O)NC2C[C@H]3CC[C@@H](C2)N3Cc2ccccc2)cc1.O=C(O)C(F)(F)F. The first-order valence-corrected chi connectivity index (χ1v) is 16.2. The van der Waals surface area contributed by atoms with Gasteiger partial charge >= 0.3 is 24.1 Å². The van der Waals surface area contributed by atoms with Gasteiger partial charge in [-0.1, -0.05) is 42.5 Å². The minimum atomic E-state index is -5.08. The van der Waals surface area contributed by atoms with Gasteiger partial charge in [-0.25, -0.2) is 14.4 Å². The van der Waals surface area contributed by atoms with Gasteiger partial charge in [0, 0.05) is 36.8 Å². The largest absolute Gasteiger partial charge is 0.508 e. The number of piperidine rings is 1. The zero-order chi connectivity index (χ0) is 36.4. The van der Waals surface area contributed by atoms with Gasteiger partial charge in [0.1, 0.15) is 11.8 Å². The highest BCUT2D eigenvalue weighted by atomic mass is 19.4. The van der Waals surface area contributed by atoms with E-state index in [2.05, 4.69) is 45.1 Å². The number of carbonyl (C=O) groups excluding carboxylic acids is 3. The average Bonchev–Trinajstić information content (AvgIpc) is 3.28. The third kappa shape index (κ3) is 11.2. The molecule has 2 fully saturated rings. The van der Waals surface area contributed by atoms with Crippen LogP contribution in [0.1, 0.15) is 61.0 Å². The van der Waals surface area contributed by atoms with Crippen molar-refractivity contribution in [3.63, 3.8) is 0 Å². The van der Waals surface area contributed by atoms with E-state index in [0.29, 0.717) is 23.3 Å². The first-order chi connectivity index (χ1) is 23.7. The van der Waals surface area contributed by atoms with Gasteiger partial charge in [-0.05, 0) is 87.1 Å². The Morgan fingerprint density at radius 2 is 1.46 bits per heavy atom. The minimum absolute atomic E-state index is 0.0299. The number of phenols is 1. The maximum atomic E-state index is 13.6. The number of ether oxygens (including phenoxy) is 1. The number of halogens is 3. The van der Waals surface area contributed by atoms with Crippen molar-refractivity contribution >= 4 is 29.6 Å². The normalized spacial score (nSPS) is 19.0. The molecule has 2 saturated heterocycles. The number of rotatable bonds is 10. The Morgan fingerprint density at radius 3 is 2.00 bits per heavy atom. The molecule has 2 heterocycles. The quantitative estimate of drug-likeness (QED) is 0.171. The molecule has 0 spiro atoms. The van der Waals surface area contributed by atoms with Crippen LogP contribution < -0.4 is 16.0 Å². The molecule has 3 aromatic carbocycles. The van der Waals surface area contributed by atoms with Crippen molar-refractivity contribution in [1.82, 2.24) is 15.5 Å². The molecule has 0 radical (unpaired) electrons. The van der Waals surface area contributed by atoms with Crippen molar-refractivity contribution in [2.45, 2.75) is 88.9 Å². The van der Waals surface area contributed by atoms with E-state index in [-0.39, 0.29) is 30.2 Å². The van der Waals surface area contributed by atoms with Crippen LogP contribution >= 0.6 is 0 Å². The number of hydrogen-bond donors (Lipinski definition) is 5. The lowest BCUT2D eigenvalue weighted by atomic mass is 9.95. The standard InChI is InChI=1S/C34H40N4O5.C2HF3O2/c1-22(2)43-33(41)25-10-12-26(13-11-25)36-34(42)37-31(18-23-8-16-30(39)17-9-23)32(40)35-27-19-28-14-15-29(20-27)38(28)21-24-6-4-3-5-7-24;3-2(4,5)1(6)7/h3-13,16-17,22,27-29,31,39H,14-15,18-21H2,1-2H3,(H,35,40)(H2,36,37,42);(H,6,7)/t27?,28-,29+,31-;/m0./s1. The predicted octanol–water partition coefficient (Wildman–Crippen LogP) is 5.64. The monoisotopic (exact) mass is 698 g/mol. The molecule has 5 rings (SSSR count). The Balaban J connectivity index is 0.000000727. The average molecular weight is 699 g/mol. The predicted molar refractivity (Wildman–Crippen MR) is 178 cm³/mol. The van der Waals surface area contributed by atoms with Gasteiger partial charge in [0.05, 0.1) is 11.7 Å². The number of hydrogen-bond acceptors (Lipinski definition) is 7. The van der Waals surface area contributed by atoms with Crippen molar-refractivity contribution in [2.24, 2.45) is 0 Å². The van der Waals surface area contributed by atoms with E-state index in [4.69, 9.17) is 14.6 Å². The molecule has 0 aliphatic carbocycles. The summed E-state index contributed by atoms with van der Waals surface area (Å²) in [5, 5.41) is 25.6. The molecule has 3 aromatic rings. The summed E-state index contributed by atoms with van der Waals surface area (Å²) in [6, 6.07) is 23.0. The van der Waals surface area contributed by atoms with Gasteiger partial charge in [-0.15, -0.1) is 0 Å². The van der Waals surface area contributed by atoms with Crippen LogP contribution in [0, 0.1) is 0 Å². The van der Waals surface area contributed by atoms with E-state index < -0.39 is 30.2 Å². The first kappa shape index (κ1) is 37.7. The Labute approximate surface area is 287 Å². The van der Waals surface area contributed by atoms with Crippen LogP contribution in [0.4, 0.5) is 23.7 Å². The summed E-state index contributed by atoms with van der Waals surface area (Å²) in [6.07, 6.45) is -1.06. The molecule has 0 saturated carbocycles. The van der Waals surface area contributed by atoms with Gasteiger partial charge in [-0.2, -0.15) is 13.2 Å². The number of carbonyl (C=O) groups is 4. The second-order valence-electron chi connectivity index (χ2n) is 12.6. The molecular weight excluding hydrogens is 657 g/mol. The Hall–Kier alpha value is -5.11. The van der Waals surface area contributed by atoms with Gasteiger partial charge in [-0.3, -0.25) is 9.69 Å². The van der Waals surface area contributed by atoms with Crippen molar-refractivity contribution in [3.8, 4) is 5.75 Å². The molecule has 4 atom stereocenters. The van der Waals surface area contributed by atoms with Crippen LogP contribution in [-0.2, 0) is 27.3 Å². The molecule has 2 aliphatic heterocycles. The summed E-state index contributed by atoms with van der Waals surface area (Å²) in [5.74, 6) is -3.30. The van der Waals surface area contributed by atoms with Crippen LogP contribution in [-0.4, -0.2) is 75.4 Å². The highest BCUT2D eigenvalue weighted by Crippen LogP contribution is 2.37. The molecule has 11 nitrogen and oxygen atoms in total. The number of aliphatic carboxylic acids is 1. The van der Waals surface area contributed by atoms with Gasteiger partial charge in [0.2, 0.25) is 5.91 Å². The second kappa shape index (κ2) is 17.0. The van der Waals surface area contributed by atoms with E-state index >= 15 is 0 Å². The summed E-state index contributed by atoms with van der Waals surface area (Å²) in [7, 11) is 0.